The van der Waals surface area contributed by atoms with Gasteiger partial charge in [0.05, 0.1) is 29.9 Å². The molecular formula is C20H18ClF3N4O4S. The number of sulfone groups is 1. The van der Waals surface area contributed by atoms with E-state index in [1.807, 2.05) is 0 Å². The van der Waals surface area contributed by atoms with E-state index in [2.05, 4.69) is 15.4 Å². The fraction of sp³-hybridized carbons (Fsp3) is 0.250. The number of ether oxygens (including phenoxy) is 1. The summed E-state index contributed by atoms with van der Waals surface area (Å²) in [6, 6.07) is 9.85. The lowest BCUT2D eigenvalue weighted by Gasteiger charge is -2.10. The van der Waals surface area contributed by atoms with Crippen LogP contribution in [0.25, 0.3) is 5.69 Å². The number of halogens is 4. The van der Waals surface area contributed by atoms with E-state index in [0.717, 1.165) is 17.0 Å². The summed E-state index contributed by atoms with van der Waals surface area (Å²) < 4.78 is 68.0. The zero-order chi connectivity index (χ0) is 24.2. The lowest BCUT2D eigenvalue weighted by Crippen LogP contribution is -2.27. The first-order valence-electron chi connectivity index (χ1n) is 9.41. The molecule has 3 rings (SSSR count). The number of benzene rings is 1. The van der Waals surface area contributed by atoms with E-state index < -0.39 is 27.8 Å². The normalized spacial score (nSPS) is 11.9. The maximum absolute atomic E-state index is 13.2. The largest absolute Gasteiger partial charge is 0.435 e. The average Bonchev–Trinajstić information content (AvgIpc) is 3.16. The van der Waals surface area contributed by atoms with Crippen molar-refractivity contribution in [1.29, 1.82) is 0 Å². The molecular weight excluding hydrogens is 485 g/mol. The van der Waals surface area contributed by atoms with E-state index in [-0.39, 0.29) is 35.8 Å². The van der Waals surface area contributed by atoms with Crippen LogP contribution in [-0.4, -0.2) is 41.3 Å². The third-order valence-corrected chi connectivity index (χ3v) is 5.46. The maximum Gasteiger partial charge on any atom is 0.435 e. The number of amides is 1. The van der Waals surface area contributed by atoms with Gasteiger partial charge in [0.2, 0.25) is 0 Å². The predicted octanol–water partition coefficient (Wildman–Crippen LogP) is 3.82. The first-order chi connectivity index (χ1) is 15.4. The first-order valence-corrected chi connectivity index (χ1v) is 11.8. The molecule has 1 amide bonds. The highest BCUT2D eigenvalue weighted by Gasteiger charge is 2.35. The number of aromatic nitrogens is 3. The second-order valence-electron chi connectivity index (χ2n) is 7.02. The van der Waals surface area contributed by atoms with Crippen molar-refractivity contribution in [3.63, 3.8) is 0 Å². The molecule has 0 saturated carbocycles. The van der Waals surface area contributed by atoms with Crippen LogP contribution in [0.2, 0.25) is 5.02 Å². The maximum atomic E-state index is 13.2. The standard InChI is InChI=1S/C20H18ClF3N4O4S/c1-33(30,31)8-7-14-5-6-17(12-25-14)32-19(29)26-11-16-10-18(20(22,23)24)27-28(16)15-4-2-3-13(21)9-15/h2-6,9-10,12H,7-8,11H2,1H3,(H,26,29). The summed E-state index contributed by atoms with van der Waals surface area (Å²) in [6.07, 6.45) is -3.03. The van der Waals surface area contributed by atoms with Gasteiger partial charge in [-0.05, 0) is 36.4 Å². The molecule has 33 heavy (non-hydrogen) atoms. The Bertz CT molecular complexity index is 1240. The Labute approximate surface area is 192 Å². The average molecular weight is 503 g/mol. The molecule has 0 aliphatic heterocycles. The number of carbonyl (C=O) groups is 1. The van der Waals surface area contributed by atoms with Crippen LogP contribution in [0.5, 0.6) is 5.75 Å². The molecule has 2 heterocycles. The monoisotopic (exact) mass is 502 g/mol. The highest BCUT2D eigenvalue weighted by molar-refractivity contribution is 7.90. The molecule has 0 bridgehead atoms. The summed E-state index contributed by atoms with van der Waals surface area (Å²) in [4.78, 5) is 16.1. The minimum Gasteiger partial charge on any atom is -0.409 e. The van der Waals surface area contributed by atoms with Gasteiger partial charge in [0.25, 0.3) is 0 Å². The van der Waals surface area contributed by atoms with Crippen molar-refractivity contribution in [2.45, 2.75) is 19.1 Å². The molecule has 0 radical (unpaired) electrons. The molecule has 13 heteroatoms. The third-order valence-electron chi connectivity index (χ3n) is 4.28. The SMILES string of the molecule is CS(=O)(=O)CCc1ccc(OC(=O)NCc2cc(C(F)(F)F)nn2-c2cccc(Cl)c2)cn1. The van der Waals surface area contributed by atoms with Crippen molar-refractivity contribution < 1.29 is 31.1 Å². The number of pyridine rings is 1. The van der Waals surface area contributed by atoms with Crippen molar-refractivity contribution in [2.75, 3.05) is 12.0 Å². The quantitative estimate of drug-likeness (QED) is 0.527. The molecule has 176 valence electrons. The zero-order valence-electron chi connectivity index (χ0n) is 17.1. The predicted molar refractivity (Wildman–Crippen MR) is 114 cm³/mol. The van der Waals surface area contributed by atoms with Crippen LogP contribution in [-0.2, 0) is 29.0 Å². The first kappa shape index (κ1) is 24.5. The molecule has 0 unspecified atom stereocenters. The topological polar surface area (TPSA) is 103 Å². The Balaban J connectivity index is 1.68. The Morgan fingerprint density at radius 1 is 1.21 bits per heavy atom. The Kier molecular flexibility index (Phi) is 7.28. The molecule has 0 fully saturated rings. The van der Waals surface area contributed by atoms with E-state index in [1.165, 1.54) is 30.5 Å². The number of nitrogens with one attached hydrogen (secondary N) is 1. The minimum atomic E-state index is -4.68. The van der Waals surface area contributed by atoms with Crippen molar-refractivity contribution in [3.8, 4) is 11.4 Å². The van der Waals surface area contributed by atoms with Gasteiger partial charge in [-0.25, -0.2) is 17.9 Å². The summed E-state index contributed by atoms with van der Waals surface area (Å²) in [5.74, 6) is 0.0101. The Hall–Kier alpha value is -3.12. The molecule has 0 aliphatic rings. The van der Waals surface area contributed by atoms with E-state index in [9.17, 15) is 26.4 Å². The van der Waals surface area contributed by atoms with Crippen LogP contribution in [0.4, 0.5) is 18.0 Å². The van der Waals surface area contributed by atoms with Crippen molar-refractivity contribution >= 4 is 27.5 Å². The summed E-state index contributed by atoms with van der Waals surface area (Å²) in [7, 11) is -3.14. The smallest absolute Gasteiger partial charge is 0.409 e. The van der Waals surface area contributed by atoms with Gasteiger partial charge < -0.3 is 10.1 Å². The van der Waals surface area contributed by atoms with Gasteiger partial charge in [-0.15, -0.1) is 0 Å². The van der Waals surface area contributed by atoms with Crippen LogP contribution in [0, 0.1) is 0 Å². The lowest BCUT2D eigenvalue weighted by molar-refractivity contribution is -0.141. The van der Waals surface area contributed by atoms with Crippen LogP contribution in [0.3, 0.4) is 0 Å². The number of nitrogens with zero attached hydrogens (tertiary/aromatic N) is 3. The van der Waals surface area contributed by atoms with E-state index in [0.29, 0.717) is 10.7 Å². The van der Waals surface area contributed by atoms with Crippen molar-refractivity contribution in [2.24, 2.45) is 0 Å². The van der Waals surface area contributed by atoms with Gasteiger partial charge >= 0.3 is 12.3 Å². The van der Waals surface area contributed by atoms with Crippen LogP contribution >= 0.6 is 11.6 Å². The number of carbonyl (C=O) groups excluding carboxylic acids is 1. The molecule has 0 atom stereocenters. The molecule has 8 nitrogen and oxygen atoms in total. The molecule has 0 spiro atoms. The Morgan fingerprint density at radius 2 is 1.97 bits per heavy atom. The van der Waals surface area contributed by atoms with Crippen LogP contribution in [0.1, 0.15) is 17.1 Å². The fourth-order valence-electron chi connectivity index (χ4n) is 2.73. The van der Waals surface area contributed by atoms with E-state index in [1.54, 1.807) is 12.1 Å². The zero-order valence-corrected chi connectivity index (χ0v) is 18.7. The van der Waals surface area contributed by atoms with Crippen LogP contribution in [0.15, 0.2) is 48.7 Å². The summed E-state index contributed by atoms with van der Waals surface area (Å²) in [6.45, 7) is -0.311. The van der Waals surface area contributed by atoms with Gasteiger partial charge in [-0.3, -0.25) is 4.98 Å². The van der Waals surface area contributed by atoms with Gasteiger partial charge in [0.15, 0.2) is 11.4 Å². The summed E-state index contributed by atoms with van der Waals surface area (Å²) >= 11 is 5.93. The van der Waals surface area contributed by atoms with Crippen LogP contribution < -0.4 is 10.1 Å². The fourth-order valence-corrected chi connectivity index (χ4v) is 3.50. The lowest BCUT2D eigenvalue weighted by atomic mass is 10.3. The molecule has 3 aromatic rings. The number of rotatable bonds is 7. The molecule has 0 saturated heterocycles. The van der Waals surface area contributed by atoms with E-state index >= 15 is 0 Å². The van der Waals surface area contributed by atoms with Crippen molar-refractivity contribution in [1.82, 2.24) is 20.1 Å². The number of hydrogen-bond acceptors (Lipinski definition) is 6. The van der Waals surface area contributed by atoms with Gasteiger partial charge in [-0.1, -0.05) is 17.7 Å². The van der Waals surface area contributed by atoms with E-state index in [4.69, 9.17) is 16.3 Å². The highest BCUT2D eigenvalue weighted by atomic mass is 35.5. The number of alkyl halides is 3. The second-order valence-corrected chi connectivity index (χ2v) is 9.71. The summed E-state index contributed by atoms with van der Waals surface area (Å²) in [5, 5.41) is 6.26. The minimum absolute atomic E-state index is 0.0517. The van der Waals surface area contributed by atoms with Crippen molar-refractivity contribution in [3.05, 3.63) is 70.8 Å². The number of hydrogen-bond donors (Lipinski definition) is 1. The van der Waals surface area contributed by atoms with Gasteiger partial charge in [0.1, 0.15) is 9.84 Å². The van der Waals surface area contributed by atoms with Gasteiger partial charge in [0, 0.05) is 23.4 Å². The third kappa shape index (κ3) is 7.19. The Morgan fingerprint density at radius 3 is 2.58 bits per heavy atom. The molecule has 1 aromatic carbocycles. The summed E-state index contributed by atoms with van der Waals surface area (Å²) in [5.41, 5.74) is -0.285. The number of aryl methyl sites for hydroxylation is 1. The van der Waals surface area contributed by atoms with Gasteiger partial charge in [-0.2, -0.15) is 18.3 Å². The second kappa shape index (κ2) is 9.79. The highest BCUT2D eigenvalue weighted by Crippen LogP contribution is 2.30. The molecule has 1 N–H and O–H groups in total. The molecule has 0 aliphatic carbocycles. The molecule has 2 aromatic heterocycles.